The molecule has 2 N–H and O–H groups in total. The van der Waals surface area contributed by atoms with Crippen LogP contribution in [0, 0.1) is 6.92 Å². The topological polar surface area (TPSA) is 62.2 Å². The Bertz CT molecular complexity index is 537. The molecule has 0 saturated carbocycles. The van der Waals surface area contributed by atoms with Gasteiger partial charge in [-0.2, -0.15) is 11.3 Å². The zero-order chi connectivity index (χ0) is 12.3. The van der Waals surface area contributed by atoms with Crippen molar-refractivity contribution < 1.29 is 9.90 Å². The summed E-state index contributed by atoms with van der Waals surface area (Å²) in [5.74, 6) is -0.363. The van der Waals surface area contributed by atoms with Crippen molar-refractivity contribution in [1.82, 2.24) is 4.98 Å². The number of anilines is 1. The van der Waals surface area contributed by atoms with Gasteiger partial charge in [0.05, 0.1) is 5.56 Å². The number of nitrogens with zero attached hydrogens (tertiary/aromatic N) is 1. The fourth-order valence-corrected chi connectivity index (χ4v) is 2.27. The SMILES string of the molecule is Cc1cscc1CNc1cc(C(=O)O)ccn1. The zero-order valence-corrected chi connectivity index (χ0v) is 10.1. The maximum Gasteiger partial charge on any atom is 0.335 e. The Labute approximate surface area is 103 Å². The van der Waals surface area contributed by atoms with Crippen molar-refractivity contribution in [2.75, 3.05) is 5.32 Å². The third-order valence-electron chi connectivity index (χ3n) is 2.43. The van der Waals surface area contributed by atoms with Gasteiger partial charge < -0.3 is 10.4 Å². The summed E-state index contributed by atoms with van der Waals surface area (Å²) < 4.78 is 0. The number of hydrogen-bond acceptors (Lipinski definition) is 4. The first kappa shape index (κ1) is 11.6. The molecule has 0 aliphatic rings. The van der Waals surface area contributed by atoms with Crippen LogP contribution in [-0.2, 0) is 6.54 Å². The Kier molecular flexibility index (Phi) is 3.39. The second-order valence-electron chi connectivity index (χ2n) is 3.67. The van der Waals surface area contributed by atoms with E-state index in [1.807, 2.05) is 0 Å². The number of pyridine rings is 1. The molecule has 4 nitrogen and oxygen atoms in total. The molecule has 2 aromatic rings. The van der Waals surface area contributed by atoms with Crippen molar-refractivity contribution in [3.63, 3.8) is 0 Å². The fraction of sp³-hybridized carbons (Fsp3) is 0.167. The number of thiophene rings is 1. The standard InChI is InChI=1S/C12H12N2O2S/c1-8-6-17-7-10(8)5-14-11-4-9(12(15)16)2-3-13-11/h2-4,6-7H,5H2,1H3,(H,13,14)(H,15,16). The minimum Gasteiger partial charge on any atom is -0.478 e. The van der Waals surface area contributed by atoms with Crippen LogP contribution in [0.25, 0.3) is 0 Å². The van der Waals surface area contributed by atoms with Gasteiger partial charge in [-0.05, 0) is 40.9 Å². The minimum atomic E-state index is -0.942. The smallest absolute Gasteiger partial charge is 0.335 e. The van der Waals surface area contributed by atoms with Gasteiger partial charge in [0.15, 0.2) is 0 Å². The summed E-state index contributed by atoms with van der Waals surface area (Å²) >= 11 is 1.65. The Morgan fingerprint density at radius 2 is 2.35 bits per heavy atom. The van der Waals surface area contributed by atoms with Crippen LogP contribution in [0.1, 0.15) is 21.5 Å². The average Bonchev–Trinajstić information content (AvgIpc) is 2.72. The number of nitrogens with one attached hydrogen (secondary N) is 1. The molecule has 5 heteroatoms. The maximum absolute atomic E-state index is 10.8. The lowest BCUT2D eigenvalue weighted by Gasteiger charge is -2.05. The Morgan fingerprint density at radius 1 is 1.53 bits per heavy atom. The van der Waals surface area contributed by atoms with Crippen LogP contribution in [0.3, 0.4) is 0 Å². The molecule has 0 saturated heterocycles. The van der Waals surface area contributed by atoms with Gasteiger partial charge in [0.1, 0.15) is 5.82 Å². The second-order valence-corrected chi connectivity index (χ2v) is 4.41. The van der Waals surface area contributed by atoms with Gasteiger partial charge in [-0.1, -0.05) is 0 Å². The molecule has 0 radical (unpaired) electrons. The summed E-state index contributed by atoms with van der Waals surface area (Å²) in [7, 11) is 0. The van der Waals surface area contributed by atoms with Crippen molar-refractivity contribution in [2.45, 2.75) is 13.5 Å². The third-order valence-corrected chi connectivity index (χ3v) is 3.34. The van der Waals surface area contributed by atoms with Crippen LogP contribution in [0.5, 0.6) is 0 Å². The van der Waals surface area contributed by atoms with E-state index in [-0.39, 0.29) is 5.56 Å². The molecule has 0 fully saturated rings. The van der Waals surface area contributed by atoms with E-state index < -0.39 is 5.97 Å². The largest absolute Gasteiger partial charge is 0.478 e. The minimum absolute atomic E-state index is 0.240. The first-order chi connectivity index (χ1) is 8.16. The molecule has 2 rings (SSSR count). The number of aromatic nitrogens is 1. The number of aryl methyl sites for hydroxylation is 1. The highest BCUT2D eigenvalue weighted by molar-refractivity contribution is 7.08. The van der Waals surface area contributed by atoms with E-state index in [4.69, 9.17) is 5.11 Å². The number of carboxylic acids is 1. The van der Waals surface area contributed by atoms with Crippen LogP contribution < -0.4 is 5.32 Å². The van der Waals surface area contributed by atoms with Gasteiger partial charge in [0, 0.05) is 12.7 Å². The monoisotopic (exact) mass is 248 g/mol. The lowest BCUT2D eigenvalue weighted by molar-refractivity contribution is 0.0697. The number of carbonyl (C=O) groups is 1. The fourth-order valence-electron chi connectivity index (χ4n) is 1.41. The molecule has 0 aliphatic carbocycles. The zero-order valence-electron chi connectivity index (χ0n) is 9.30. The Hall–Kier alpha value is -1.88. The molecule has 0 aromatic carbocycles. The Morgan fingerprint density at radius 3 is 3.00 bits per heavy atom. The molecule has 0 unspecified atom stereocenters. The summed E-state index contributed by atoms with van der Waals surface area (Å²) in [6.45, 7) is 2.71. The van der Waals surface area contributed by atoms with Crippen LogP contribution >= 0.6 is 11.3 Å². The van der Waals surface area contributed by atoms with Crippen molar-refractivity contribution in [3.8, 4) is 0 Å². The summed E-state index contributed by atoms with van der Waals surface area (Å²) in [6.07, 6.45) is 1.49. The Balaban J connectivity index is 2.07. The van der Waals surface area contributed by atoms with E-state index in [1.165, 1.54) is 29.5 Å². The van der Waals surface area contributed by atoms with E-state index in [0.29, 0.717) is 12.4 Å². The van der Waals surface area contributed by atoms with Gasteiger partial charge in [-0.15, -0.1) is 0 Å². The van der Waals surface area contributed by atoms with Crippen molar-refractivity contribution in [2.24, 2.45) is 0 Å². The average molecular weight is 248 g/mol. The van der Waals surface area contributed by atoms with E-state index >= 15 is 0 Å². The lowest BCUT2D eigenvalue weighted by atomic mass is 10.2. The van der Waals surface area contributed by atoms with Crippen LogP contribution in [0.15, 0.2) is 29.1 Å². The van der Waals surface area contributed by atoms with E-state index in [2.05, 4.69) is 28.0 Å². The molecule has 17 heavy (non-hydrogen) atoms. The summed E-state index contributed by atoms with van der Waals surface area (Å²) in [6, 6.07) is 3.01. The van der Waals surface area contributed by atoms with E-state index in [0.717, 1.165) is 0 Å². The van der Waals surface area contributed by atoms with Crippen LogP contribution in [-0.4, -0.2) is 16.1 Å². The molecule has 0 amide bonds. The molecular formula is C12H12N2O2S. The molecule has 0 bridgehead atoms. The van der Waals surface area contributed by atoms with E-state index in [9.17, 15) is 4.79 Å². The molecule has 0 aliphatic heterocycles. The third kappa shape index (κ3) is 2.82. The van der Waals surface area contributed by atoms with Crippen molar-refractivity contribution >= 4 is 23.1 Å². The van der Waals surface area contributed by atoms with Gasteiger partial charge in [0.2, 0.25) is 0 Å². The predicted molar refractivity (Wildman–Crippen MR) is 67.6 cm³/mol. The lowest BCUT2D eigenvalue weighted by Crippen LogP contribution is -2.03. The van der Waals surface area contributed by atoms with Gasteiger partial charge in [-0.25, -0.2) is 9.78 Å². The number of hydrogen-bond donors (Lipinski definition) is 2. The normalized spacial score (nSPS) is 10.2. The molecule has 0 atom stereocenters. The number of carboxylic acid groups (broad SMARTS) is 1. The maximum atomic E-state index is 10.8. The predicted octanol–water partition coefficient (Wildman–Crippen LogP) is 2.76. The summed E-state index contributed by atoms with van der Waals surface area (Å²) in [5.41, 5.74) is 2.68. The summed E-state index contributed by atoms with van der Waals surface area (Å²) in [5, 5.41) is 16.1. The van der Waals surface area contributed by atoms with E-state index in [1.54, 1.807) is 11.3 Å². The highest BCUT2D eigenvalue weighted by Gasteiger charge is 2.04. The molecule has 0 spiro atoms. The highest BCUT2D eigenvalue weighted by atomic mass is 32.1. The van der Waals surface area contributed by atoms with Crippen molar-refractivity contribution in [1.29, 1.82) is 0 Å². The molecule has 2 aromatic heterocycles. The first-order valence-electron chi connectivity index (χ1n) is 5.11. The van der Waals surface area contributed by atoms with Crippen LogP contribution in [0.2, 0.25) is 0 Å². The summed E-state index contributed by atoms with van der Waals surface area (Å²) in [4.78, 5) is 14.9. The van der Waals surface area contributed by atoms with Gasteiger partial charge >= 0.3 is 5.97 Å². The van der Waals surface area contributed by atoms with Gasteiger partial charge in [-0.3, -0.25) is 0 Å². The number of rotatable bonds is 4. The molecule has 2 heterocycles. The molecule has 88 valence electrons. The first-order valence-corrected chi connectivity index (χ1v) is 6.06. The highest BCUT2D eigenvalue weighted by Crippen LogP contribution is 2.15. The van der Waals surface area contributed by atoms with Gasteiger partial charge in [0.25, 0.3) is 0 Å². The second kappa shape index (κ2) is 4.97. The quantitative estimate of drug-likeness (QED) is 0.873. The molecular weight excluding hydrogens is 236 g/mol. The van der Waals surface area contributed by atoms with Crippen LogP contribution in [0.4, 0.5) is 5.82 Å². The number of aromatic carboxylic acids is 1. The van der Waals surface area contributed by atoms with Crippen molar-refractivity contribution in [3.05, 3.63) is 45.8 Å².